The number of amides is 1. The molecule has 45 heavy (non-hydrogen) atoms. The highest BCUT2D eigenvalue weighted by atomic mass is 35.5. The van der Waals surface area contributed by atoms with Gasteiger partial charge in [-0.1, -0.05) is 107 Å². The lowest BCUT2D eigenvalue weighted by molar-refractivity contribution is -0.117. The number of carbonyl (C=O) groups excluding carboxylic acids is 2. The van der Waals surface area contributed by atoms with E-state index in [1.54, 1.807) is 42.5 Å². The SMILES string of the molecule is COc1cccc2cc(C(=O)C3=C(O)C(=O)N(c4nnc(SCc5cccc6ccccc56)s4)C3c3ccc(Cl)c(Cl)c3)oc12. The third-order valence-electron chi connectivity index (χ3n) is 7.50. The van der Waals surface area contributed by atoms with Crippen LogP contribution in [0.1, 0.15) is 27.7 Å². The summed E-state index contributed by atoms with van der Waals surface area (Å²) in [6.07, 6.45) is 0. The number of carbonyl (C=O) groups is 2. The van der Waals surface area contributed by atoms with Crippen LogP contribution in [-0.4, -0.2) is 34.1 Å². The molecule has 0 aliphatic carbocycles. The highest BCUT2D eigenvalue weighted by Crippen LogP contribution is 2.45. The predicted octanol–water partition coefficient (Wildman–Crippen LogP) is 8.83. The molecule has 4 aromatic carbocycles. The van der Waals surface area contributed by atoms with Crippen LogP contribution in [0.5, 0.6) is 5.75 Å². The molecule has 2 aromatic heterocycles. The average Bonchev–Trinajstić information content (AvgIpc) is 3.77. The first-order valence-electron chi connectivity index (χ1n) is 13.6. The molecule has 0 bridgehead atoms. The topological polar surface area (TPSA) is 106 Å². The summed E-state index contributed by atoms with van der Waals surface area (Å²) in [5, 5.41) is 23.5. The molecule has 1 aliphatic rings. The largest absolute Gasteiger partial charge is 0.503 e. The van der Waals surface area contributed by atoms with Gasteiger partial charge in [0.05, 0.1) is 28.8 Å². The molecule has 8 nitrogen and oxygen atoms in total. The van der Waals surface area contributed by atoms with Gasteiger partial charge in [-0.05, 0) is 46.2 Å². The Kier molecular flexibility index (Phi) is 7.74. The summed E-state index contributed by atoms with van der Waals surface area (Å²) in [5.74, 6) is -1.19. The van der Waals surface area contributed by atoms with Crippen molar-refractivity contribution in [2.75, 3.05) is 12.0 Å². The molecule has 0 radical (unpaired) electrons. The van der Waals surface area contributed by atoms with Crippen molar-refractivity contribution in [1.29, 1.82) is 0 Å². The molecule has 12 heteroatoms. The number of hydrogen-bond donors (Lipinski definition) is 1. The number of ether oxygens (including phenoxy) is 1. The number of aliphatic hydroxyl groups is 1. The minimum atomic E-state index is -1.08. The van der Waals surface area contributed by atoms with Crippen LogP contribution in [0.2, 0.25) is 10.0 Å². The zero-order chi connectivity index (χ0) is 31.2. The molecule has 224 valence electrons. The number of ketones is 1. The fourth-order valence-electron chi connectivity index (χ4n) is 5.39. The van der Waals surface area contributed by atoms with Gasteiger partial charge in [-0.25, -0.2) is 0 Å². The van der Waals surface area contributed by atoms with Gasteiger partial charge in [-0.15, -0.1) is 10.2 Å². The van der Waals surface area contributed by atoms with Gasteiger partial charge < -0.3 is 14.3 Å². The maximum absolute atomic E-state index is 14.0. The van der Waals surface area contributed by atoms with Gasteiger partial charge in [0.15, 0.2) is 27.2 Å². The molecule has 7 rings (SSSR count). The second kappa shape index (κ2) is 11.9. The maximum atomic E-state index is 14.0. The number of anilines is 1. The molecule has 0 saturated carbocycles. The van der Waals surface area contributed by atoms with Crippen LogP contribution in [0.3, 0.4) is 0 Å². The van der Waals surface area contributed by atoms with Gasteiger partial charge in [0, 0.05) is 11.1 Å². The first-order chi connectivity index (χ1) is 21.8. The standard InChI is InChI=1S/C33H21Cl2N3O5S2/c1-42-24-11-5-8-19-15-25(43-30(19)24)28(39)26-27(18-12-13-22(34)23(35)14-18)38(31(41)29(26)40)32-36-37-33(45-32)44-16-20-9-4-7-17-6-2-3-10-21(17)20/h2-15,27,40H,16H2,1H3. The van der Waals surface area contributed by atoms with Crippen LogP contribution in [0, 0.1) is 0 Å². The molecule has 0 spiro atoms. The lowest BCUT2D eigenvalue weighted by atomic mass is 9.95. The zero-order valence-electron chi connectivity index (χ0n) is 23.4. The van der Waals surface area contributed by atoms with Crippen molar-refractivity contribution in [2.45, 2.75) is 16.1 Å². The highest BCUT2D eigenvalue weighted by molar-refractivity contribution is 8.00. The number of halogens is 2. The fourth-order valence-corrected chi connectivity index (χ4v) is 7.57. The Balaban J connectivity index is 1.25. The van der Waals surface area contributed by atoms with Gasteiger partial charge in [-0.2, -0.15) is 0 Å². The molecule has 1 atom stereocenters. The number of nitrogens with zero attached hydrogens (tertiary/aromatic N) is 3. The molecular formula is C33H21Cl2N3O5S2. The van der Waals surface area contributed by atoms with Crippen molar-refractivity contribution in [1.82, 2.24) is 10.2 Å². The Morgan fingerprint density at radius 2 is 1.78 bits per heavy atom. The van der Waals surface area contributed by atoms with Crippen LogP contribution < -0.4 is 9.64 Å². The van der Waals surface area contributed by atoms with E-state index in [4.69, 9.17) is 32.4 Å². The summed E-state index contributed by atoms with van der Waals surface area (Å²) < 4.78 is 11.9. The number of fused-ring (bicyclic) bond motifs is 2. The Hall–Kier alpha value is -4.35. The van der Waals surface area contributed by atoms with Crippen molar-refractivity contribution in [3.05, 3.63) is 123 Å². The number of aromatic nitrogens is 2. The van der Waals surface area contributed by atoms with E-state index in [-0.39, 0.29) is 21.5 Å². The number of hydrogen-bond acceptors (Lipinski definition) is 9. The smallest absolute Gasteiger partial charge is 0.296 e. The third kappa shape index (κ3) is 5.23. The van der Waals surface area contributed by atoms with Crippen LogP contribution in [-0.2, 0) is 10.5 Å². The lowest BCUT2D eigenvalue weighted by Crippen LogP contribution is -2.31. The van der Waals surface area contributed by atoms with Crippen LogP contribution >= 0.6 is 46.3 Å². The number of aliphatic hydroxyl groups excluding tert-OH is 1. The Labute approximate surface area is 274 Å². The molecule has 6 aromatic rings. The zero-order valence-corrected chi connectivity index (χ0v) is 26.5. The Morgan fingerprint density at radius 3 is 2.60 bits per heavy atom. The molecule has 0 fully saturated rings. The predicted molar refractivity (Wildman–Crippen MR) is 177 cm³/mol. The number of rotatable bonds is 8. The van der Waals surface area contributed by atoms with E-state index in [0.29, 0.717) is 37.4 Å². The van der Waals surface area contributed by atoms with E-state index in [9.17, 15) is 14.7 Å². The summed E-state index contributed by atoms with van der Waals surface area (Å²) in [6, 6.07) is 24.8. The van der Waals surface area contributed by atoms with E-state index < -0.39 is 23.5 Å². The number of Topliss-reactive ketones (excluding diaryl/α,β-unsaturated/α-hetero) is 1. The van der Waals surface area contributed by atoms with E-state index in [1.165, 1.54) is 35.1 Å². The third-order valence-corrected chi connectivity index (χ3v) is 10.3. The van der Waals surface area contributed by atoms with Gasteiger partial charge in [0.25, 0.3) is 5.91 Å². The molecule has 1 aliphatic heterocycles. The van der Waals surface area contributed by atoms with Crippen LogP contribution in [0.4, 0.5) is 5.13 Å². The quantitative estimate of drug-likeness (QED) is 0.0970. The van der Waals surface area contributed by atoms with Crippen LogP contribution in [0.15, 0.2) is 105 Å². The van der Waals surface area contributed by atoms with Gasteiger partial charge in [-0.3, -0.25) is 14.5 Å². The molecule has 1 N–H and O–H groups in total. The summed E-state index contributed by atoms with van der Waals surface area (Å²) in [7, 11) is 1.50. The highest BCUT2D eigenvalue weighted by Gasteiger charge is 2.47. The molecule has 1 amide bonds. The number of benzene rings is 4. The normalized spacial score (nSPS) is 15.0. The maximum Gasteiger partial charge on any atom is 0.296 e. The molecule has 3 heterocycles. The van der Waals surface area contributed by atoms with Crippen molar-refractivity contribution < 1.29 is 23.8 Å². The number of para-hydroxylation sites is 1. The monoisotopic (exact) mass is 673 g/mol. The van der Waals surface area contributed by atoms with Gasteiger partial charge in [0.1, 0.15) is 0 Å². The second-order valence-electron chi connectivity index (χ2n) is 10.1. The van der Waals surface area contributed by atoms with Gasteiger partial charge >= 0.3 is 0 Å². The minimum Gasteiger partial charge on any atom is -0.503 e. The number of methoxy groups -OCH3 is 1. The van der Waals surface area contributed by atoms with Crippen LogP contribution in [0.25, 0.3) is 21.7 Å². The molecule has 0 saturated heterocycles. The first kappa shape index (κ1) is 29.4. The molecular weight excluding hydrogens is 653 g/mol. The number of thioether (sulfide) groups is 1. The average molecular weight is 675 g/mol. The van der Waals surface area contributed by atoms with E-state index in [1.807, 2.05) is 18.2 Å². The van der Waals surface area contributed by atoms with Crippen molar-refractivity contribution >= 4 is 84.9 Å². The Bertz CT molecular complexity index is 2170. The summed E-state index contributed by atoms with van der Waals surface area (Å²) in [4.78, 5) is 29.0. The van der Waals surface area contributed by atoms with Gasteiger partial charge in [0.2, 0.25) is 10.9 Å². The lowest BCUT2D eigenvalue weighted by Gasteiger charge is -2.24. The Morgan fingerprint density at radius 1 is 1.00 bits per heavy atom. The van der Waals surface area contributed by atoms with E-state index >= 15 is 0 Å². The number of furan rings is 1. The first-order valence-corrected chi connectivity index (χ1v) is 16.2. The van der Waals surface area contributed by atoms with Crippen molar-refractivity contribution in [3.8, 4) is 5.75 Å². The summed E-state index contributed by atoms with van der Waals surface area (Å²) in [6.45, 7) is 0. The molecule has 1 unspecified atom stereocenters. The van der Waals surface area contributed by atoms with E-state index in [0.717, 1.165) is 16.3 Å². The fraction of sp³-hybridized carbons (Fsp3) is 0.0909. The summed E-state index contributed by atoms with van der Waals surface area (Å²) >= 11 is 15.2. The van der Waals surface area contributed by atoms with Crippen molar-refractivity contribution in [2.24, 2.45) is 0 Å². The summed E-state index contributed by atoms with van der Waals surface area (Å²) in [5.41, 5.74) is 1.76. The second-order valence-corrected chi connectivity index (χ2v) is 13.1. The van der Waals surface area contributed by atoms with Crippen molar-refractivity contribution in [3.63, 3.8) is 0 Å². The minimum absolute atomic E-state index is 0.0700. The van der Waals surface area contributed by atoms with E-state index in [2.05, 4.69) is 34.5 Å².